The quantitative estimate of drug-likeness (QED) is 0.340. The SMILES string of the molecule is CCc1c(=O)n(-c2cc(NC(=O)Nc3cccc(F)c3F)c(F)cc2F)cc2cnc(NC)cc12. The van der Waals surface area contributed by atoms with Crippen molar-refractivity contribution >= 4 is 34.0 Å². The molecule has 2 heterocycles. The average molecular weight is 485 g/mol. The Balaban J connectivity index is 1.75. The molecule has 3 N–H and O–H groups in total. The predicted octanol–water partition coefficient (Wildman–Crippen LogP) is 5.19. The number of pyridine rings is 2. The average Bonchev–Trinajstić information content (AvgIpc) is 2.83. The van der Waals surface area contributed by atoms with E-state index in [1.54, 1.807) is 20.0 Å². The van der Waals surface area contributed by atoms with Crippen molar-refractivity contribution in [1.29, 1.82) is 0 Å². The van der Waals surface area contributed by atoms with E-state index < -0.39 is 46.2 Å². The lowest BCUT2D eigenvalue weighted by Gasteiger charge is -2.15. The zero-order chi connectivity index (χ0) is 25.3. The number of nitrogens with zero attached hydrogens (tertiary/aromatic N) is 2. The number of hydrogen-bond donors (Lipinski definition) is 3. The van der Waals surface area contributed by atoms with Crippen LogP contribution >= 0.6 is 0 Å². The lowest BCUT2D eigenvalue weighted by atomic mass is 10.1. The summed E-state index contributed by atoms with van der Waals surface area (Å²) in [6, 6.07) is 5.20. The van der Waals surface area contributed by atoms with Crippen LogP contribution in [0.15, 0.2) is 53.6 Å². The van der Waals surface area contributed by atoms with Gasteiger partial charge >= 0.3 is 6.03 Å². The van der Waals surface area contributed by atoms with Crippen molar-refractivity contribution in [3.8, 4) is 5.69 Å². The first-order chi connectivity index (χ1) is 16.7. The van der Waals surface area contributed by atoms with Gasteiger partial charge in [-0.15, -0.1) is 0 Å². The second-order valence-corrected chi connectivity index (χ2v) is 7.51. The highest BCUT2D eigenvalue weighted by molar-refractivity contribution is 6.00. The van der Waals surface area contributed by atoms with Crippen molar-refractivity contribution < 1.29 is 22.4 Å². The van der Waals surface area contributed by atoms with E-state index in [1.165, 1.54) is 18.5 Å². The maximum Gasteiger partial charge on any atom is 0.323 e. The standard InChI is InChI=1S/C24H19F4N5O2/c1-3-13-14-7-21(29-2)30-10-12(14)11-33(23(13)34)20-9-19(16(26)8-17(20)27)32-24(35)31-18-6-4-5-15(25)22(18)28/h4-11,29H,3H2,1-2H3,(H2,31,32,35). The molecule has 0 spiro atoms. The first kappa shape index (κ1) is 23.7. The van der Waals surface area contributed by atoms with E-state index in [0.717, 1.165) is 22.8 Å². The second-order valence-electron chi connectivity index (χ2n) is 7.51. The lowest BCUT2D eigenvalue weighted by molar-refractivity contribution is 0.262. The molecule has 2 amide bonds. The molecule has 2 aromatic carbocycles. The third-order valence-electron chi connectivity index (χ3n) is 5.36. The lowest BCUT2D eigenvalue weighted by Crippen LogP contribution is -2.24. The Bertz CT molecular complexity index is 1520. The topological polar surface area (TPSA) is 88.1 Å². The number of rotatable bonds is 5. The highest BCUT2D eigenvalue weighted by Gasteiger charge is 2.18. The highest BCUT2D eigenvalue weighted by Crippen LogP contribution is 2.25. The van der Waals surface area contributed by atoms with Gasteiger partial charge < -0.3 is 16.0 Å². The third-order valence-corrected chi connectivity index (χ3v) is 5.36. The van der Waals surface area contributed by atoms with E-state index in [9.17, 15) is 27.2 Å². The Morgan fingerprint density at radius 3 is 2.46 bits per heavy atom. The van der Waals surface area contributed by atoms with Gasteiger partial charge in [-0.3, -0.25) is 9.36 Å². The minimum Gasteiger partial charge on any atom is -0.373 e. The number of aryl methyl sites for hydroxylation is 1. The van der Waals surface area contributed by atoms with Crippen LogP contribution < -0.4 is 21.5 Å². The molecule has 2 aromatic heterocycles. The second kappa shape index (κ2) is 9.45. The molecule has 35 heavy (non-hydrogen) atoms. The Morgan fingerprint density at radius 1 is 1.00 bits per heavy atom. The summed E-state index contributed by atoms with van der Waals surface area (Å²) in [6.07, 6.45) is 3.21. The third kappa shape index (κ3) is 4.52. The summed E-state index contributed by atoms with van der Waals surface area (Å²) in [7, 11) is 1.68. The van der Waals surface area contributed by atoms with Gasteiger partial charge in [-0.1, -0.05) is 13.0 Å². The number of halogens is 4. The van der Waals surface area contributed by atoms with Gasteiger partial charge in [-0.2, -0.15) is 0 Å². The van der Waals surface area contributed by atoms with Crippen molar-refractivity contribution in [2.45, 2.75) is 13.3 Å². The Hall–Kier alpha value is -4.41. The fraction of sp³-hybridized carbons (Fsp3) is 0.125. The fourth-order valence-corrected chi connectivity index (χ4v) is 3.64. The summed E-state index contributed by atoms with van der Waals surface area (Å²) >= 11 is 0. The molecule has 4 aromatic rings. The van der Waals surface area contributed by atoms with Crippen LogP contribution in [-0.4, -0.2) is 22.6 Å². The molecule has 0 bridgehead atoms. The molecule has 180 valence electrons. The van der Waals surface area contributed by atoms with Crippen LogP contribution in [0.2, 0.25) is 0 Å². The van der Waals surface area contributed by atoms with Crippen LogP contribution in [0.5, 0.6) is 0 Å². The number of amides is 2. The molecule has 0 radical (unpaired) electrons. The molecule has 11 heteroatoms. The molecule has 7 nitrogen and oxygen atoms in total. The summed E-state index contributed by atoms with van der Waals surface area (Å²) in [5.41, 5.74) is -1.42. The molecule has 0 saturated heterocycles. The van der Waals surface area contributed by atoms with Crippen LogP contribution in [0.1, 0.15) is 12.5 Å². The maximum absolute atomic E-state index is 14.8. The zero-order valence-corrected chi connectivity index (χ0v) is 18.5. The van der Waals surface area contributed by atoms with Gasteiger partial charge in [0.1, 0.15) is 17.5 Å². The maximum atomic E-state index is 14.8. The monoisotopic (exact) mass is 485 g/mol. The zero-order valence-electron chi connectivity index (χ0n) is 18.5. The first-order valence-corrected chi connectivity index (χ1v) is 10.5. The molecule has 0 saturated carbocycles. The highest BCUT2D eigenvalue weighted by atomic mass is 19.2. The Kier molecular flexibility index (Phi) is 6.41. The van der Waals surface area contributed by atoms with E-state index >= 15 is 0 Å². The summed E-state index contributed by atoms with van der Waals surface area (Å²) in [4.78, 5) is 29.7. The number of aromatic nitrogens is 2. The number of nitrogens with one attached hydrogen (secondary N) is 3. The van der Waals surface area contributed by atoms with Crippen LogP contribution in [-0.2, 0) is 6.42 Å². The predicted molar refractivity (Wildman–Crippen MR) is 125 cm³/mol. The van der Waals surface area contributed by atoms with Crippen molar-refractivity contribution in [2.75, 3.05) is 23.0 Å². The molecule has 0 atom stereocenters. The van der Waals surface area contributed by atoms with E-state index in [2.05, 4.69) is 20.9 Å². The van der Waals surface area contributed by atoms with Crippen molar-refractivity contribution in [3.63, 3.8) is 0 Å². The minimum absolute atomic E-state index is 0.321. The summed E-state index contributed by atoms with van der Waals surface area (Å²) in [5, 5.41) is 8.24. The number of benzene rings is 2. The van der Waals surface area contributed by atoms with E-state index in [-0.39, 0.29) is 5.69 Å². The first-order valence-electron chi connectivity index (χ1n) is 10.5. The Labute approximate surface area is 196 Å². The van der Waals surface area contributed by atoms with Gasteiger partial charge in [-0.25, -0.2) is 27.3 Å². The smallest absolute Gasteiger partial charge is 0.323 e. The summed E-state index contributed by atoms with van der Waals surface area (Å²) in [5.74, 6) is -4.12. The molecular formula is C24H19F4N5O2. The van der Waals surface area contributed by atoms with Crippen LogP contribution in [0, 0.1) is 23.3 Å². The number of carbonyl (C=O) groups excluding carboxylic acids is 1. The normalized spacial score (nSPS) is 10.9. The van der Waals surface area contributed by atoms with E-state index in [4.69, 9.17) is 0 Å². The minimum atomic E-state index is -1.30. The van der Waals surface area contributed by atoms with Crippen molar-refractivity contribution in [2.24, 2.45) is 0 Å². The van der Waals surface area contributed by atoms with Gasteiger partial charge in [0.15, 0.2) is 11.6 Å². The number of carbonyl (C=O) groups is 1. The number of urea groups is 1. The molecule has 0 fully saturated rings. The van der Waals surface area contributed by atoms with Gasteiger partial charge in [-0.05, 0) is 36.1 Å². The summed E-state index contributed by atoms with van der Waals surface area (Å²) in [6.45, 7) is 1.77. The number of fused-ring (bicyclic) bond motifs is 1. The van der Waals surface area contributed by atoms with Crippen LogP contribution in [0.3, 0.4) is 0 Å². The van der Waals surface area contributed by atoms with Gasteiger partial charge in [0, 0.05) is 36.5 Å². The van der Waals surface area contributed by atoms with Crippen molar-refractivity contribution in [3.05, 3.63) is 88.0 Å². The molecule has 0 unspecified atom stereocenters. The van der Waals surface area contributed by atoms with Gasteiger partial charge in [0.2, 0.25) is 0 Å². The fourth-order valence-electron chi connectivity index (χ4n) is 3.64. The van der Waals surface area contributed by atoms with Crippen LogP contribution in [0.4, 0.5) is 39.5 Å². The van der Waals surface area contributed by atoms with Gasteiger partial charge in [0.05, 0.1) is 17.1 Å². The van der Waals surface area contributed by atoms with E-state index in [0.29, 0.717) is 34.6 Å². The largest absolute Gasteiger partial charge is 0.373 e. The summed E-state index contributed by atoms with van der Waals surface area (Å²) < 4.78 is 57.4. The molecular weight excluding hydrogens is 466 g/mol. The number of hydrogen-bond acceptors (Lipinski definition) is 4. The van der Waals surface area contributed by atoms with Crippen LogP contribution in [0.25, 0.3) is 16.5 Å². The molecule has 4 rings (SSSR count). The van der Waals surface area contributed by atoms with E-state index in [1.807, 2.05) is 0 Å². The van der Waals surface area contributed by atoms with Gasteiger partial charge in [0.25, 0.3) is 5.56 Å². The Morgan fingerprint density at radius 2 is 1.74 bits per heavy atom. The molecule has 0 aliphatic rings. The molecule has 0 aliphatic heterocycles. The van der Waals surface area contributed by atoms with Crippen molar-refractivity contribution in [1.82, 2.24) is 9.55 Å². The number of anilines is 3. The molecule has 0 aliphatic carbocycles.